The van der Waals surface area contributed by atoms with E-state index in [2.05, 4.69) is 9.82 Å². The summed E-state index contributed by atoms with van der Waals surface area (Å²) in [4.78, 5) is 0.220. The summed E-state index contributed by atoms with van der Waals surface area (Å²) in [5.74, 6) is 0. The molecule has 114 valence electrons. The minimum Gasteiger partial charge on any atom is -0.394 e. The molecule has 1 aliphatic rings. The number of hydrogen-bond acceptors (Lipinski definition) is 5. The van der Waals surface area contributed by atoms with Gasteiger partial charge in [-0.05, 0) is 26.7 Å². The molecule has 1 fully saturated rings. The standard InChI is InChI=1S/C12H21N3O4S/c1-9-12(10(2)15(13-9)5-6-16)20(17,18)14-11-3-7-19-8-4-11/h11,14,16H,3-8H2,1-2H3. The molecule has 0 atom stereocenters. The molecule has 2 N–H and O–H groups in total. The fourth-order valence-electron chi connectivity index (χ4n) is 2.48. The van der Waals surface area contributed by atoms with Crippen LogP contribution in [0.4, 0.5) is 0 Å². The minimum absolute atomic E-state index is 0.0746. The van der Waals surface area contributed by atoms with Crippen molar-refractivity contribution in [1.82, 2.24) is 14.5 Å². The summed E-state index contributed by atoms with van der Waals surface area (Å²) < 4.78 is 34.5. The van der Waals surface area contributed by atoms with Gasteiger partial charge in [0.05, 0.1) is 24.5 Å². The van der Waals surface area contributed by atoms with Crippen LogP contribution in [0.1, 0.15) is 24.2 Å². The topological polar surface area (TPSA) is 93.5 Å². The third-order valence-electron chi connectivity index (χ3n) is 3.44. The van der Waals surface area contributed by atoms with Gasteiger partial charge in [-0.15, -0.1) is 0 Å². The zero-order valence-corrected chi connectivity index (χ0v) is 12.6. The summed E-state index contributed by atoms with van der Waals surface area (Å²) in [6.45, 7) is 4.74. The van der Waals surface area contributed by atoms with Crippen LogP contribution >= 0.6 is 0 Å². The maximum Gasteiger partial charge on any atom is 0.244 e. The molecule has 0 saturated carbocycles. The predicted octanol–water partition coefficient (Wildman–Crippen LogP) is -0.0505. The van der Waals surface area contributed by atoms with E-state index in [-0.39, 0.29) is 17.5 Å². The van der Waals surface area contributed by atoms with Gasteiger partial charge >= 0.3 is 0 Å². The van der Waals surface area contributed by atoms with E-state index >= 15 is 0 Å². The van der Waals surface area contributed by atoms with Crippen LogP contribution < -0.4 is 4.72 Å². The number of hydrogen-bond donors (Lipinski definition) is 2. The van der Waals surface area contributed by atoms with Gasteiger partial charge in [0, 0.05) is 19.3 Å². The van der Waals surface area contributed by atoms with Crippen molar-refractivity contribution in [1.29, 1.82) is 0 Å². The van der Waals surface area contributed by atoms with Crippen LogP contribution in [-0.4, -0.2) is 49.2 Å². The first kappa shape index (κ1) is 15.4. The van der Waals surface area contributed by atoms with Gasteiger partial charge in [-0.1, -0.05) is 0 Å². The highest BCUT2D eigenvalue weighted by molar-refractivity contribution is 7.89. The molecule has 0 bridgehead atoms. The van der Waals surface area contributed by atoms with Crippen LogP contribution in [0.3, 0.4) is 0 Å². The zero-order chi connectivity index (χ0) is 14.8. The monoisotopic (exact) mass is 303 g/mol. The van der Waals surface area contributed by atoms with Crippen LogP contribution in [-0.2, 0) is 21.3 Å². The zero-order valence-electron chi connectivity index (χ0n) is 11.8. The number of aromatic nitrogens is 2. The number of ether oxygens (including phenoxy) is 1. The van der Waals surface area contributed by atoms with E-state index in [9.17, 15) is 8.42 Å². The molecule has 2 heterocycles. The van der Waals surface area contributed by atoms with Gasteiger partial charge in [0.1, 0.15) is 4.90 Å². The number of nitrogens with one attached hydrogen (secondary N) is 1. The average Bonchev–Trinajstić information content (AvgIpc) is 2.66. The molecule has 0 unspecified atom stereocenters. The lowest BCUT2D eigenvalue weighted by atomic mass is 10.1. The molecule has 0 aromatic carbocycles. The number of aryl methyl sites for hydroxylation is 1. The summed E-state index contributed by atoms with van der Waals surface area (Å²) in [5, 5.41) is 13.1. The molecular formula is C12H21N3O4S. The largest absolute Gasteiger partial charge is 0.394 e. The highest BCUT2D eigenvalue weighted by Gasteiger charge is 2.28. The fourth-order valence-corrected chi connectivity index (χ4v) is 4.19. The van der Waals surface area contributed by atoms with E-state index < -0.39 is 10.0 Å². The first-order valence-corrected chi connectivity index (χ1v) is 8.19. The Bertz CT molecular complexity index is 562. The summed E-state index contributed by atoms with van der Waals surface area (Å²) in [6, 6.07) is -0.0891. The van der Waals surface area contributed by atoms with E-state index in [0.29, 0.717) is 44.0 Å². The molecule has 1 aromatic rings. The highest BCUT2D eigenvalue weighted by atomic mass is 32.2. The lowest BCUT2D eigenvalue weighted by molar-refractivity contribution is 0.0832. The normalized spacial score (nSPS) is 17.6. The maximum atomic E-state index is 12.5. The predicted molar refractivity (Wildman–Crippen MR) is 72.9 cm³/mol. The second kappa shape index (κ2) is 6.21. The van der Waals surface area contributed by atoms with E-state index in [4.69, 9.17) is 9.84 Å². The van der Waals surface area contributed by atoms with Crippen molar-refractivity contribution >= 4 is 10.0 Å². The SMILES string of the molecule is Cc1nn(CCO)c(C)c1S(=O)(=O)NC1CCOCC1. The molecule has 0 radical (unpaired) electrons. The van der Waals surface area contributed by atoms with Crippen molar-refractivity contribution in [3.8, 4) is 0 Å². The van der Waals surface area contributed by atoms with Gasteiger partial charge < -0.3 is 9.84 Å². The fraction of sp³-hybridized carbons (Fsp3) is 0.750. The summed E-state index contributed by atoms with van der Waals surface area (Å²) in [5.41, 5.74) is 1.01. The van der Waals surface area contributed by atoms with Crippen molar-refractivity contribution < 1.29 is 18.3 Å². The molecule has 0 aliphatic carbocycles. The molecule has 0 amide bonds. The van der Waals surface area contributed by atoms with Gasteiger partial charge in [0.25, 0.3) is 0 Å². The minimum atomic E-state index is -3.59. The van der Waals surface area contributed by atoms with E-state index in [0.717, 1.165) is 0 Å². The van der Waals surface area contributed by atoms with Crippen molar-refractivity contribution in [2.75, 3.05) is 19.8 Å². The van der Waals surface area contributed by atoms with Gasteiger partial charge in [0.2, 0.25) is 10.0 Å². The Hall–Kier alpha value is -0.960. The van der Waals surface area contributed by atoms with Gasteiger partial charge in [-0.3, -0.25) is 4.68 Å². The molecule has 8 heteroatoms. The Morgan fingerprint density at radius 1 is 1.40 bits per heavy atom. The number of nitrogens with zero attached hydrogens (tertiary/aromatic N) is 2. The Morgan fingerprint density at radius 2 is 2.05 bits per heavy atom. The van der Waals surface area contributed by atoms with Crippen LogP contribution in [0.2, 0.25) is 0 Å². The quantitative estimate of drug-likeness (QED) is 0.795. The molecule has 1 aromatic heterocycles. The Kier molecular flexibility index (Phi) is 4.79. The molecule has 0 spiro atoms. The van der Waals surface area contributed by atoms with Crippen LogP contribution in [0.25, 0.3) is 0 Å². The van der Waals surface area contributed by atoms with E-state index in [1.807, 2.05) is 0 Å². The van der Waals surface area contributed by atoms with Crippen molar-refractivity contribution in [2.45, 2.75) is 44.2 Å². The summed E-state index contributed by atoms with van der Waals surface area (Å²) in [7, 11) is -3.59. The lowest BCUT2D eigenvalue weighted by Crippen LogP contribution is -2.39. The van der Waals surface area contributed by atoms with Crippen molar-refractivity contribution in [2.24, 2.45) is 0 Å². The third kappa shape index (κ3) is 3.20. The van der Waals surface area contributed by atoms with E-state index in [1.165, 1.54) is 4.68 Å². The smallest absolute Gasteiger partial charge is 0.244 e. The number of aliphatic hydroxyl groups is 1. The van der Waals surface area contributed by atoms with Crippen molar-refractivity contribution in [3.63, 3.8) is 0 Å². The Morgan fingerprint density at radius 3 is 2.65 bits per heavy atom. The first-order chi connectivity index (χ1) is 9.45. The number of aliphatic hydroxyl groups excluding tert-OH is 1. The molecular weight excluding hydrogens is 282 g/mol. The molecule has 1 saturated heterocycles. The summed E-state index contributed by atoms with van der Waals surface area (Å²) >= 11 is 0. The second-order valence-electron chi connectivity index (χ2n) is 4.95. The Labute approximate surface area is 119 Å². The molecule has 7 nitrogen and oxygen atoms in total. The van der Waals surface area contributed by atoms with Gasteiger partial charge in [-0.2, -0.15) is 5.10 Å². The average molecular weight is 303 g/mol. The number of rotatable bonds is 5. The molecule has 1 aliphatic heterocycles. The van der Waals surface area contributed by atoms with Crippen molar-refractivity contribution in [3.05, 3.63) is 11.4 Å². The van der Waals surface area contributed by atoms with Crippen LogP contribution in [0.5, 0.6) is 0 Å². The molecule has 2 rings (SSSR count). The highest BCUT2D eigenvalue weighted by Crippen LogP contribution is 2.20. The number of sulfonamides is 1. The van der Waals surface area contributed by atoms with Crippen LogP contribution in [0, 0.1) is 13.8 Å². The first-order valence-electron chi connectivity index (χ1n) is 6.70. The maximum absolute atomic E-state index is 12.5. The molecule has 20 heavy (non-hydrogen) atoms. The lowest BCUT2D eigenvalue weighted by Gasteiger charge is -2.23. The van der Waals surface area contributed by atoms with Gasteiger partial charge in [-0.25, -0.2) is 13.1 Å². The Balaban J connectivity index is 2.24. The van der Waals surface area contributed by atoms with Gasteiger partial charge in [0.15, 0.2) is 0 Å². The second-order valence-corrected chi connectivity index (χ2v) is 6.61. The van der Waals surface area contributed by atoms with E-state index in [1.54, 1.807) is 13.8 Å². The summed E-state index contributed by atoms with van der Waals surface area (Å²) in [6.07, 6.45) is 1.37. The third-order valence-corrected chi connectivity index (χ3v) is 5.21. The van der Waals surface area contributed by atoms with Crippen LogP contribution in [0.15, 0.2) is 4.90 Å².